The maximum atomic E-state index is 11.8. The number of aliphatic carboxylic acids is 1. The standard InChI is InChI=1S/C21H24O5/c1-14-9-17(11-18(12-19(22)23)21(24)25-3)10-15(2)20(14)26-13-16-7-5-4-6-8-16/h4-10,18H,11-13H2,1-3H3,(H,22,23)/t18-/m0/s1. The highest BCUT2D eigenvalue weighted by Crippen LogP contribution is 2.27. The molecule has 1 N–H and O–H groups in total. The molecule has 2 aromatic carbocycles. The summed E-state index contributed by atoms with van der Waals surface area (Å²) in [6.07, 6.45) is 0.0661. The molecule has 26 heavy (non-hydrogen) atoms. The van der Waals surface area contributed by atoms with Crippen molar-refractivity contribution in [2.24, 2.45) is 5.92 Å². The van der Waals surface area contributed by atoms with Gasteiger partial charge in [0.2, 0.25) is 0 Å². The lowest BCUT2D eigenvalue weighted by Crippen LogP contribution is -2.22. The molecule has 0 aliphatic heterocycles. The first-order chi connectivity index (χ1) is 12.4. The molecule has 0 spiro atoms. The maximum Gasteiger partial charge on any atom is 0.309 e. The normalized spacial score (nSPS) is 11.7. The van der Waals surface area contributed by atoms with Gasteiger partial charge in [0.15, 0.2) is 0 Å². The van der Waals surface area contributed by atoms with E-state index in [1.807, 2.05) is 56.3 Å². The van der Waals surface area contributed by atoms with E-state index in [1.165, 1.54) is 7.11 Å². The fourth-order valence-electron chi connectivity index (χ4n) is 3.02. The number of benzene rings is 2. The third-order valence-corrected chi connectivity index (χ3v) is 4.18. The molecule has 0 bridgehead atoms. The second-order valence-electron chi connectivity index (χ2n) is 6.36. The van der Waals surface area contributed by atoms with E-state index in [9.17, 15) is 9.59 Å². The second kappa shape index (κ2) is 9.04. The van der Waals surface area contributed by atoms with E-state index in [0.29, 0.717) is 13.0 Å². The van der Waals surface area contributed by atoms with Gasteiger partial charge in [-0.3, -0.25) is 9.59 Å². The van der Waals surface area contributed by atoms with Gasteiger partial charge in [0, 0.05) is 0 Å². The van der Waals surface area contributed by atoms with Crippen molar-refractivity contribution >= 4 is 11.9 Å². The third kappa shape index (κ3) is 5.34. The van der Waals surface area contributed by atoms with E-state index in [1.54, 1.807) is 0 Å². The molecule has 0 fully saturated rings. The number of ether oxygens (including phenoxy) is 2. The van der Waals surface area contributed by atoms with Crippen LogP contribution in [-0.2, 0) is 27.4 Å². The van der Waals surface area contributed by atoms with Crippen molar-refractivity contribution in [2.45, 2.75) is 33.3 Å². The summed E-state index contributed by atoms with van der Waals surface area (Å²) in [4.78, 5) is 22.8. The van der Waals surface area contributed by atoms with Crippen LogP contribution in [0.3, 0.4) is 0 Å². The van der Waals surface area contributed by atoms with E-state index < -0.39 is 17.9 Å². The Morgan fingerprint density at radius 1 is 1.04 bits per heavy atom. The highest BCUT2D eigenvalue weighted by molar-refractivity contribution is 5.79. The third-order valence-electron chi connectivity index (χ3n) is 4.18. The van der Waals surface area contributed by atoms with E-state index in [4.69, 9.17) is 14.6 Å². The van der Waals surface area contributed by atoms with Gasteiger partial charge in [0.1, 0.15) is 12.4 Å². The van der Waals surface area contributed by atoms with Gasteiger partial charge >= 0.3 is 11.9 Å². The molecule has 5 nitrogen and oxygen atoms in total. The van der Waals surface area contributed by atoms with Gasteiger partial charge in [0.05, 0.1) is 19.4 Å². The zero-order chi connectivity index (χ0) is 19.1. The summed E-state index contributed by atoms with van der Waals surface area (Å²) in [5, 5.41) is 9.01. The lowest BCUT2D eigenvalue weighted by atomic mass is 9.94. The minimum Gasteiger partial charge on any atom is -0.488 e. The highest BCUT2D eigenvalue weighted by Gasteiger charge is 2.23. The Hall–Kier alpha value is -2.82. The Labute approximate surface area is 153 Å². The molecule has 138 valence electrons. The van der Waals surface area contributed by atoms with E-state index >= 15 is 0 Å². The maximum absolute atomic E-state index is 11.8. The summed E-state index contributed by atoms with van der Waals surface area (Å²) < 4.78 is 10.7. The summed E-state index contributed by atoms with van der Waals surface area (Å²) in [6.45, 7) is 4.37. The fourth-order valence-corrected chi connectivity index (χ4v) is 3.02. The number of carbonyl (C=O) groups is 2. The van der Waals surface area contributed by atoms with Crippen LogP contribution in [0.25, 0.3) is 0 Å². The largest absolute Gasteiger partial charge is 0.488 e. The van der Waals surface area contributed by atoms with Crippen molar-refractivity contribution in [2.75, 3.05) is 7.11 Å². The molecular weight excluding hydrogens is 332 g/mol. The summed E-state index contributed by atoms with van der Waals surface area (Å²) in [7, 11) is 1.27. The average Bonchev–Trinajstić information content (AvgIpc) is 2.60. The van der Waals surface area contributed by atoms with Crippen LogP contribution >= 0.6 is 0 Å². The molecule has 0 saturated carbocycles. The van der Waals surface area contributed by atoms with Crippen LogP contribution in [0, 0.1) is 19.8 Å². The minimum absolute atomic E-state index is 0.253. The zero-order valence-corrected chi connectivity index (χ0v) is 15.3. The number of carboxylic acid groups (broad SMARTS) is 1. The summed E-state index contributed by atoms with van der Waals surface area (Å²) in [5.74, 6) is -1.42. The van der Waals surface area contributed by atoms with Crippen LogP contribution in [0.15, 0.2) is 42.5 Å². The molecule has 0 heterocycles. The fraction of sp³-hybridized carbons (Fsp3) is 0.333. The van der Waals surface area contributed by atoms with E-state index in [-0.39, 0.29) is 6.42 Å². The van der Waals surface area contributed by atoms with E-state index in [2.05, 4.69) is 0 Å². The number of hydrogen-bond donors (Lipinski definition) is 1. The van der Waals surface area contributed by atoms with Crippen molar-refractivity contribution in [1.29, 1.82) is 0 Å². The van der Waals surface area contributed by atoms with Crippen LogP contribution in [0.2, 0.25) is 0 Å². The molecule has 0 saturated heterocycles. The summed E-state index contributed by atoms with van der Waals surface area (Å²) in [5.41, 5.74) is 3.89. The Morgan fingerprint density at radius 3 is 2.19 bits per heavy atom. The van der Waals surface area contributed by atoms with Crippen molar-refractivity contribution in [1.82, 2.24) is 0 Å². The first kappa shape index (κ1) is 19.5. The van der Waals surface area contributed by atoms with Gasteiger partial charge in [-0.25, -0.2) is 0 Å². The SMILES string of the molecule is COC(=O)[C@H](CC(=O)O)Cc1cc(C)c(OCc2ccccc2)c(C)c1. The predicted molar refractivity (Wildman–Crippen MR) is 98.2 cm³/mol. The Bertz CT molecular complexity index is 744. The van der Waals surface area contributed by atoms with Gasteiger partial charge in [-0.15, -0.1) is 0 Å². The first-order valence-corrected chi connectivity index (χ1v) is 8.47. The molecule has 2 rings (SSSR count). The van der Waals surface area contributed by atoms with Crippen molar-refractivity contribution in [3.8, 4) is 5.75 Å². The molecule has 0 aliphatic carbocycles. The van der Waals surface area contributed by atoms with Gasteiger partial charge in [-0.05, 0) is 42.5 Å². The summed E-state index contributed by atoms with van der Waals surface area (Å²) in [6, 6.07) is 13.8. The van der Waals surface area contributed by atoms with Crippen LogP contribution < -0.4 is 4.74 Å². The van der Waals surface area contributed by atoms with Crippen molar-refractivity contribution < 1.29 is 24.2 Å². The Balaban J connectivity index is 2.14. The second-order valence-corrected chi connectivity index (χ2v) is 6.36. The summed E-state index contributed by atoms with van der Waals surface area (Å²) >= 11 is 0. The molecule has 0 aromatic heterocycles. The molecule has 2 aromatic rings. The Kier molecular flexibility index (Phi) is 6.78. The van der Waals surface area contributed by atoms with Gasteiger partial charge < -0.3 is 14.6 Å². The number of aryl methyl sites for hydroxylation is 2. The zero-order valence-electron chi connectivity index (χ0n) is 15.3. The average molecular weight is 356 g/mol. The number of rotatable bonds is 8. The first-order valence-electron chi connectivity index (χ1n) is 8.47. The monoisotopic (exact) mass is 356 g/mol. The lowest BCUT2D eigenvalue weighted by Gasteiger charge is -2.17. The van der Waals surface area contributed by atoms with Crippen molar-refractivity contribution in [3.63, 3.8) is 0 Å². The molecular formula is C21H24O5. The molecule has 1 atom stereocenters. The minimum atomic E-state index is -1.02. The predicted octanol–water partition coefficient (Wildman–Crippen LogP) is 3.69. The van der Waals surface area contributed by atoms with E-state index in [0.717, 1.165) is 28.0 Å². The Morgan fingerprint density at radius 2 is 1.65 bits per heavy atom. The number of methoxy groups -OCH3 is 1. The molecule has 0 amide bonds. The number of esters is 1. The van der Waals surface area contributed by atoms with Gasteiger partial charge in [0.25, 0.3) is 0 Å². The van der Waals surface area contributed by atoms with Crippen LogP contribution in [0.4, 0.5) is 0 Å². The van der Waals surface area contributed by atoms with Crippen LogP contribution in [0.5, 0.6) is 5.75 Å². The van der Waals surface area contributed by atoms with Gasteiger partial charge in [-0.1, -0.05) is 42.5 Å². The lowest BCUT2D eigenvalue weighted by molar-refractivity contribution is -0.150. The van der Waals surface area contributed by atoms with Gasteiger partial charge in [-0.2, -0.15) is 0 Å². The molecule has 5 heteroatoms. The van der Waals surface area contributed by atoms with Crippen LogP contribution in [-0.4, -0.2) is 24.2 Å². The smallest absolute Gasteiger partial charge is 0.309 e. The topological polar surface area (TPSA) is 72.8 Å². The number of carbonyl (C=O) groups excluding carboxylic acids is 1. The molecule has 0 unspecified atom stereocenters. The highest BCUT2D eigenvalue weighted by atomic mass is 16.5. The molecule has 0 aliphatic rings. The quantitative estimate of drug-likeness (QED) is 0.730. The number of hydrogen-bond acceptors (Lipinski definition) is 4. The van der Waals surface area contributed by atoms with Crippen molar-refractivity contribution in [3.05, 3.63) is 64.7 Å². The number of carboxylic acids is 1. The van der Waals surface area contributed by atoms with Crippen LogP contribution in [0.1, 0.15) is 28.7 Å². The molecule has 0 radical (unpaired) electrons.